The highest BCUT2D eigenvalue weighted by Crippen LogP contribution is 2.21. The number of halogens is 1. The van der Waals surface area contributed by atoms with Crippen LogP contribution < -0.4 is 0 Å². The fourth-order valence-corrected chi connectivity index (χ4v) is 2.98. The van der Waals surface area contributed by atoms with Crippen molar-refractivity contribution in [2.24, 2.45) is 11.8 Å². The van der Waals surface area contributed by atoms with Gasteiger partial charge >= 0.3 is 0 Å². The Morgan fingerprint density at radius 3 is 2.36 bits per heavy atom. The van der Waals surface area contributed by atoms with Crippen molar-refractivity contribution in [3.63, 3.8) is 0 Å². The van der Waals surface area contributed by atoms with Gasteiger partial charge in [-0.3, -0.25) is 4.55 Å². The first-order valence-corrected chi connectivity index (χ1v) is 9.26. The Morgan fingerprint density at radius 2 is 1.82 bits per heavy atom. The van der Waals surface area contributed by atoms with E-state index in [1.165, 1.54) is 12.1 Å². The van der Waals surface area contributed by atoms with Crippen molar-refractivity contribution in [1.29, 1.82) is 0 Å². The van der Waals surface area contributed by atoms with E-state index in [2.05, 4.69) is 19.9 Å². The van der Waals surface area contributed by atoms with Gasteiger partial charge < -0.3 is 0 Å². The molecular formula is C17H25FO3S. The summed E-state index contributed by atoms with van der Waals surface area (Å²) in [5.41, 5.74) is 0.952. The van der Waals surface area contributed by atoms with Gasteiger partial charge in [0.25, 0.3) is 10.1 Å². The summed E-state index contributed by atoms with van der Waals surface area (Å²) in [4.78, 5) is 0. The number of rotatable bonds is 9. The molecule has 1 aromatic rings. The third-order valence-electron chi connectivity index (χ3n) is 3.43. The highest BCUT2D eigenvalue weighted by atomic mass is 32.2. The van der Waals surface area contributed by atoms with Crippen molar-refractivity contribution in [3.05, 3.63) is 41.7 Å². The van der Waals surface area contributed by atoms with Crippen molar-refractivity contribution in [2.75, 3.05) is 5.75 Å². The second-order valence-electron chi connectivity index (χ2n) is 6.08. The largest absolute Gasteiger partial charge is 0.286 e. The lowest BCUT2D eigenvalue weighted by Gasteiger charge is -2.15. The van der Waals surface area contributed by atoms with Gasteiger partial charge in [-0.15, -0.1) is 0 Å². The Kier molecular flexibility index (Phi) is 7.76. The Morgan fingerprint density at radius 1 is 1.18 bits per heavy atom. The molecule has 0 aliphatic rings. The standard InChI is InChI=1S/C17H25FO3S/c1-14(2)13-16(5-3-4-12-22(19,20)21)7-6-15-8-10-17(18)11-9-15/h6-11,14,16H,3-5,12-13H2,1-2H3,(H,19,20,21)/b7-6+/t16-/m1/s1. The molecule has 1 aromatic carbocycles. The minimum atomic E-state index is -3.86. The lowest BCUT2D eigenvalue weighted by atomic mass is 9.91. The molecule has 0 aliphatic heterocycles. The van der Waals surface area contributed by atoms with Crippen LogP contribution in [0.1, 0.15) is 45.1 Å². The van der Waals surface area contributed by atoms with Gasteiger partial charge in [-0.2, -0.15) is 8.42 Å². The van der Waals surface area contributed by atoms with E-state index in [0.29, 0.717) is 18.3 Å². The van der Waals surface area contributed by atoms with Gasteiger partial charge in [-0.1, -0.05) is 44.6 Å². The summed E-state index contributed by atoms with van der Waals surface area (Å²) >= 11 is 0. The van der Waals surface area contributed by atoms with E-state index >= 15 is 0 Å². The van der Waals surface area contributed by atoms with Crippen molar-refractivity contribution in [1.82, 2.24) is 0 Å². The maximum absolute atomic E-state index is 12.9. The molecule has 22 heavy (non-hydrogen) atoms. The lowest BCUT2D eigenvalue weighted by Crippen LogP contribution is -2.06. The molecule has 1 atom stereocenters. The van der Waals surface area contributed by atoms with Gasteiger partial charge in [0.05, 0.1) is 5.75 Å². The van der Waals surface area contributed by atoms with Crippen LogP contribution in [0.4, 0.5) is 4.39 Å². The molecule has 0 aliphatic carbocycles. The van der Waals surface area contributed by atoms with Crippen LogP contribution in [0, 0.1) is 17.7 Å². The molecule has 3 nitrogen and oxygen atoms in total. The third kappa shape index (κ3) is 8.95. The monoisotopic (exact) mass is 328 g/mol. The third-order valence-corrected chi connectivity index (χ3v) is 4.24. The van der Waals surface area contributed by atoms with Crippen molar-refractivity contribution in [2.45, 2.75) is 39.5 Å². The summed E-state index contributed by atoms with van der Waals surface area (Å²) in [6.45, 7) is 4.30. The van der Waals surface area contributed by atoms with E-state index in [9.17, 15) is 12.8 Å². The summed E-state index contributed by atoms with van der Waals surface area (Å²) in [5, 5.41) is 0. The second-order valence-corrected chi connectivity index (χ2v) is 7.65. The van der Waals surface area contributed by atoms with Crippen molar-refractivity contribution < 1.29 is 17.4 Å². The van der Waals surface area contributed by atoms with Gasteiger partial charge in [0.1, 0.15) is 5.82 Å². The quantitative estimate of drug-likeness (QED) is 0.534. The highest BCUT2D eigenvalue weighted by Gasteiger charge is 2.09. The van der Waals surface area contributed by atoms with E-state index in [1.807, 2.05) is 6.08 Å². The predicted molar refractivity (Wildman–Crippen MR) is 88.6 cm³/mol. The summed E-state index contributed by atoms with van der Waals surface area (Å²) in [7, 11) is -3.86. The topological polar surface area (TPSA) is 54.4 Å². The van der Waals surface area contributed by atoms with Gasteiger partial charge in [-0.25, -0.2) is 4.39 Å². The number of hydrogen-bond acceptors (Lipinski definition) is 2. The zero-order valence-electron chi connectivity index (χ0n) is 13.2. The van der Waals surface area contributed by atoms with Gasteiger partial charge in [0, 0.05) is 0 Å². The minimum Gasteiger partial charge on any atom is -0.286 e. The highest BCUT2D eigenvalue weighted by molar-refractivity contribution is 7.85. The smallest absolute Gasteiger partial charge is 0.264 e. The first kappa shape index (κ1) is 18.8. The molecule has 5 heteroatoms. The summed E-state index contributed by atoms with van der Waals surface area (Å²) in [6, 6.07) is 6.33. The van der Waals surface area contributed by atoms with Crippen molar-refractivity contribution in [3.8, 4) is 0 Å². The number of unbranched alkanes of at least 4 members (excludes halogenated alkanes) is 1. The van der Waals surface area contributed by atoms with Gasteiger partial charge in [0.2, 0.25) is 0 Å². The summed E-state index contributed by atoms with van der Waals surface area (Å²) in [5.74, 6) is 0.472. The summed E-state index contributed by atoms with van der Waals surface area (Å²) < 4.78 is 43.0. The normalized spacial score (nSPS) is 13.9. The van der Waals surface area contributed by atoms with Crippen LogP contribution in [0.15, 0.2) is 30.3 Å². The van der Waals surface area contributed by atoms with E-state index in [4.69, 9.17) is 4.55 Å². The van der Waals surface area contributed by atoms with Crippen LogP contribution in [0.5, 0.6) is 0 Å². The van der Waals surface area contributed by atoms with Crippen LogP contribution in [0.2, 0.25) is 0 Å². The molecule has 0 heterocycles. The fourth-order valence-electron chi connectivity index (χ4n) is 2.41. The molecule has 0 bridgehead atoms. The zero-order valence-corrected chi connectivity index (χ0v) is 14.0. The Hall–Kier alpha value is -1.20. The molecule has 0 unspecified atom stereocenters. The van der Waals surface area contributed by atoms with E-state index in [0.717, 1.165) is 24.8 Å². The SMILES string of the molecule is CC(C)C[C@@H](/C=C/c1ccc(F)cc1)CCCCS(=O)(=O)O. The average Bonchev–Trinajstić information content (AvgIpc) is 2.40. The number of hydrogen-bond donors (Lipinski definition) is 1. The molecule has 0 amide bonds. The predicted octanol–water partition coefficient (Wildman–Crippen LogP) is 4.56. The van der Waals surface area contributed by atoms with Crippen LogP contribution in [0.25, 0.3) is 6.08 Å². The lowest BCUT2D eigenvalue weighted by molar-refractivity contribution is 0.436. The molecule has 1 rings (SSSR count). The Balaban J connectivity index is 2.54. The first-order valence-electron chi connectivity index (χ1n) is 7.65. The van der Waals surface area contributed by atoms with Crippen LogP contribution in [-0.4, -0.2) is 18.7 Å². The molecule has 0 saturated heterocycles. The van der Waals surface area contributed by atoms with E-state index in [-0.39, 0.29) is 11.6 Å². The van der Waals surface area contributed by atoms with Gasteiger partial charge in [-0.05, 0) is 48.8 Å². The van der Waals surface area contributed by atoms with Crippen LogP contribution >= 0.6 is 0 Å². The second kappa shape index (κ2) is 9.06. The number of allylic oxidation sites excluding steroid dienone is 1. The molecular weight excluding hydrogens is 303 g/mol. The average molecular weight is 328 g/mol. The molecule has 0 fully saturated rings. The first-order chi connectivity index (χ1) is 10.3. The van der Waals surface area contributed by atoms with E-state index < -0.39 is 10.1 Å². The van der Waals surface area contributed by atoms with Crippen molar-refractivity contribution >= 4 is 16.2 Å². The minimum absolute atomic E-state index is 0.178. The number of benzene rings is 1. The van der Waals surface area contributed by atoms with Crippen LogP contribution in [0.3, 0.4) is 0 Å². The van der Waals surface area contributed by atoms with E-state index in [1.54, 1.807) is 12.1 Å². The molecule has 1 N–H and O–H groups in total. The van der Waals surface area contributed by atoms with Crippen LogP contribution in [-0.2, 0) is 10.1 Å². The molecule has 124 valence electrons. The van der Waals surface area contributed by atoms with Gasteiger partial charge in [0.15, 0.2) is 0 Å². The Labute approximate surface area is 133 Å². The Bertz CT molecular complexity index is 562. The molecule has 0 spiro atoms. The molecule has 0 aromatic heterocycles. The maximum Gasteiger partial charge on any atom is 0.264 e. The molecule has 0 saturated carbocycles. The summed E-state index contributed by atoms with van der Waals surface area (Å²) in [6.07, 6.45) is 7.22. The zero-order chi connectivity index (χ0) is 16.6. The fraction of sp³-hybridized carbons (Fsp3) is 0.529. The molecule has 0 radical (unpaired) electrons. The maximum atomic E-state index is 12.9.